The average molecular weight is 336 g/mol. The smallest absolute Gasteiger partial charge is 0.279 e. The lowest BCUT2D eigenvalue weighted by Gasteiger charge is -2.43. The van der Waals surface area contributed by atoms with E-state index in [-0.39, 0.29) is 5.54 Å². The summed E-state index contributed by atoms with van der Waals surface area (Å²) >= 11 is 2.00. The first-order chi connectivity index (χ1) is 10.0. The molecule has 1 saturated heterocycles. The van der Waals surface area contributed by atoms with E-state index >= 15 is 0 Å². The summed E-state index contributed by atoms with van der Waals surface area (Å²) in [5, 5.41) is 0. The van der Waals surface area contributed by atoms with E-state index in [9.17, 15) is 8.42 Å². The minimum absolute atomic E-state index is 0.0567. The highest BCUT2D eigenvalue weighted by Crippen LogP contribution is 2.36. The molecule has 21 heavy (non-hydrogen) atoms. The van der Waals surface area contributed by atoms with Crippen molar-refractivity contribution in [3.63, 3.8) is 0 Å². The zero-order valence-electron chi connectivity index (χ0n) is 13.3. The van der Waals surface area contributed by atoms with E-state index in [2.05, 4.69) is 9.62 Å². The van der Waals surface area contributed by atoms with Gasteiger partial charge < -0.3 is 0 Å². The normalized spacial score (nSPS) is 23.8. The second-order valence-corrected chi connectivity index (χ2v) is 8.92. The van der Waals surface area contributed by atoms with Crippen molar-refractivity contribution in [3.05, 3.63) is 0 Å². The minimum atomic E-state index is -3.34. The molecule has 1 N–H and O–H groups in total. The molecule has 0 aromatic carbocycles. The van der Waals surface area contributed by atoms with E-state index in [0.29, 0.717) is 19.6 Å². The Morgan fingerprint density at radius 2 is 1.71 bits per heavy atom. The van der Waals surface area contributed by atoms with Crippen LogP contribution in [0.1, 0.15) is 39.5 Å². The zero-order valence-corrected chi connectivity index (χ0v) is 14.9. The van der Waals surface area contributed by atoms with Crippen LogP contribution < -0.4 is 4.72 Å². The van der Waals surface area contributed by atoms with Gasteiger partial charge >= 0.3 is 0 Å². The molecular weight excluding hydrogens is 306 g/mol. The number of rotatable bonds is 7. The lowest BCUT2D eigenvalue weighted by Crippen LogP contribution is -2.57. The van der Waals surface area contributed by atoms with Gasteiger partial charge in [0.25, 0.3) is 10.2 Å². The van der Waals surface area contributed by atoms with Crippen LogP contribution >= 0.6 is 11.8 Å². The predicted molar refractivity (Wildman–Crippen MR) is 89.9 cm³/mol. The van der Waals surface area contributed by atoms with Crippen LogP contribution in [0.4, 0.5) is 0 Å². The summed E-state index contributed by atoms with van der Waals surface area (Å²) in [7, 11) is -3.34. The summed E-state index contributed by atoms with van der Waals surface area (Å²) in [6.45, 7) is 7.58. The van der Waals surface area contributed by atoms with Crippen molar-refractivity contribution in [3.8, 4) is 0 Å². The standard InChI is InChI=1S/C14H29N3O2S2/c1-3-17(4-2)21(18,19)15-13-14(7-5-6-8-14)16-9-11-20-12-10-16/h15H,3-13H2,1-2H3. The monoisotopic (exact) mass is 335 g/mol. The maximum absolute atomic E-state index is 12.4. The van der Waals surface area contributed by atoms with E-state index in [0.717, 1.165) is 25.9 Å². The molecule has 0 atom stereocenters. The molecule has 0 aromatic rings. The molecule has 1 aliphatic carbocycles. The Bertz CT molecular complexity index is 412. The van der Waals surface area contributed by atoms with Crippen molar-refractivity contribution in [2.75, 3.05) is 44.2 Å². The molecule has 0 radical (unpaired) electrons. The molecule has 0 spiro atoms. The van der Waals surface area contributed by atoms with Crippen molar-refractivity contribution in [2.24, 2.45) is 0 Å². The molecule has 5 nitrogen and oxygen atoms in total. The van der Waals surface area contributed by atoms with Crippen molar-refractivity contribution in [1.29, 1.82) is 0 Å². The molecule has 124 valence electrons. The molecular formula is C14H29N3O2S2. The average Bonchev–Trinajstić information content (AvgIpc) is 2.97. The third kappa shape index (κ3) is 4.13. The van der Waals surface area contributed by atoms with Crippen LogP contribution in [-0.4, -0.2) is 67.4 Å². The van der Waals surface area contributed by atoms with Crippen molar-refractivity contribution in [2.45, 2.75) is 45.1 Å². The van der Waals surface area contributed by atoms with Crippen LogP contribution in [0.5, 0.6) is 0 Å². The highest BCUT2D eigenvalue weighted by Gasteiger charge is 2.40. The topological polar surface area (TPSA) is 52.7 Å². The molecule has 7 heteroatoms. The lowest BCUT2D eigenvalue weighted by atomic mass is 9.95. The summed E-state index contributed by atoms with van der Waals surface area (Å²) < 4.78 is 29.1. The fourth-order valence-corrected chi connectivity index (χ4v) is 5.77. The fraction of sp³-hybridized carbons (Fsp3) is 1.00. The Labute approximate surface area is 134 Å². The zero-order chi connectivity index (χ0) is 15.3. The van der Waals surface area contributed by atoms with Crippen LogP contribution in [-0.2, 0) is 10.2 Å². The second kappa shape index (κ2) is 7.64. The maximum atomic E-state index is 12.4. The Morgan fingerprint density at radius 3 is 2.24 bits per heavy atom. The Kier molecular flexibility index (Phi) is 6.38. The van der Waals surface area contributed by atoms with Gasteiger partial charge in [0.05, 0.1) is 0 Å². The quantitative estimate of drug-likeness (QED) is 0.766. The molecule has 1 heterocycles. The maximum Gasteiger partial charge on any atom is 0.279 e. The van der Waals surface area contributed by atoms with E-state index in [1.165, 1.54) is 28.7 Å². The van der Waals surface area contributed by atoms with Gasteiger partial charge in [-0.25, -0.2) is 4.72 Å². The van der Waals surface area contributed by atoms with Crippen molar-refractivity contribution in [1.82, 2.24) is 13.9 Å². The van der Waals surface area contributed by atoms with Crippen LogP contribution in [0.15, 0.2) is 0 Å². The van der Waals surface area contributed by atoms with E-state index in [4.69, 9.17) is 0 Å². The first-order valence-electron chi connectivity index (χ1n) is 8.11. The van der Waals surface area contributed by atoms with Crippen LogP contribution in [0.25, 0.3) is 0 Å². The third-order valence-electron chi connectivity index (χ3n) is 4.85. The molecule has 0 aromatic heterocycles. The molecule has 0 amide bonds. The summed E-state index contributed by atoms with van der Waals surface area (Å²) in [5.41, 5.74) is 0.0567. The van der Waals surface area contributed by atoms with Gasteiger partial charge in [0.1, 0.15) is 0 Å². The molecule has 0 unspecified atom stereocenters. The number of thioether (sulfide) groups is 1. The van der Waals surface area contributed by atoms with Gasteiger partial charge in [-0.2, -0.15) is 24.5 Å². The molecule has 1 saturated carbocycles. The number of hydrogen-bond donors (Lipinski definition) is 1. The second-order valence-electron chi connectivity index (χ2n) is 5.94. The lowest BCUT2D eigenvalue weighted by molar-refractivity contribution is 0.108. The van der Waals surface area contributed by atoms with Gasteiger partial charge in [-0.3, -0.25) is 4.90 Å². The van der Waals surface area contributed by atoms with Gasteiger partial charge in [-0.15, -0.1) is 0 Å². The molecule has 2 rings (SSSR count). The SMILES string of the molecule is CCN(CC)S(=O)(=O)NCC1(N2CCSCC2)CCCC1. The van der Waals surface area contributed by atoms with Gasteiger partial charge in [0.15, 0.2) is 0 Å². The van der Waals surface area contributed by atoms with Gasteiger partial charge in [0.2, 0.25) is 0 Å². The molecule has 0 bridgehead atoms. The van der Waals surface area contributed by atoms with Crippen LogP contribution in [0, 0.1) is 0 Å². The Balaban J connectivity index is 2.03. The Hall–Kier alpha value is 0.180. The molecule has 1 aliphatic heterocycles. The van der Waals surface area contributed by atoms with Crippen LogP contribution in [0.2, 0.25) is 0 Å². The van der Waals surface area contributed by atoms with Gasteiger partial charge in [-0.1, -0.05) is 26.7 Å². The van der Waals surface area contributed by atoms with E-state index in [1.54, 1.807) is 0 Å². The third-order valence-corrected chi connectivity index (χ3v) is 7.49. The summed E-state index contributed by atoms with van der Waals surface area (Å²) in [6.07, 6.45) is 4.68. The van der Waals surface area contributed by atoms with Crippen molar-refractivity contribution < 1.29 is 8.42 Å². The van der Waals surface area contributed by atoms with Crippen LogP contribution in [0.3, 0.4) is 0 Å². The van der Waals surface area contributed by atoms with E-state index < -0.39 is 10.2 Å². The number of nitrogens with zero attached hydrogens (tertiary/aromatic N) is 2. The van der Waals surface area contributed by atoms with Crippen molar-refractivity contribution >= 4 is 22.0 Å². The molecule has 2 fully saturated rings. The number of hydrogen-bond acceptors (Lipinski definition) is 4. The summed E-state index contributed by atoms with van der Waals surface area (Å²) in [5.74, 6) is 2.34. The first kappa shape index (κ1) is 17.5. The van der Waals surface area contributed by atoms with E-state index in [1.807, 2.05) is 25.6 Å². The molecule has 2 aliphatic rings. The summed E-state index contributed by atoms with van der Waals surface area (Å²) in [4.78, 5) is 2.54. The predicted octanol–water partition coefficient (Wildman–Crippen LogP) is 1.52. The fourth-order valence-electron chi connectivity index (χ4n) is 3.56. The first-order valence-corrected chi connectivity index (χ1v) is 10.7. The highest BCUT2D eigenvalue weighted by atomic mass is 32.2. The summed E-state index contributed by atoms with van der Waals surface area (Å²) in [6, 6.07) is 0. The largest absolute Gasteiger partial charge is 0.295 e. The Morgan fingerprint density at radius 1 is 1.14 bits per heavy atom. The van der Waals surface area contributed by atoms with Gasteiger partial charge in [-0.05, 0) is 12.8 Å². The highest BCUT2D eigenvalue weighted by molar-refractivity contribution is 7.99. The number of nitrogens with one attached hydrogen (secondary N) is 1. The van der Waals surface area contributed by atoms with Gasteiger partial charge in [0, 0.05) is 49.8 Å². The minimum Gasteiger partial charge on any atom is -0.295 e.